The van der Waals surface area contributed by atoms with Crippen LogP contribution >= 0.6 is 11.6 Å². The number of nitro groups is 1. The van der Waals surface area contributed by atoms with Gasteiger partial charge in [0.15, 0.2) is 4.90 Å². The Morgan fingerprint density at radius 3 is 2.86 bits per heavy atom. The van der Waals surface area contributed by atoms with Crippen LogP contribution in [0.4, 0.5) is 5.69 Å². The molecule has 0 spiro atoms. The van der Waals surface area contributed by atoms with E-state index in [9.17, 15) is 18.5 Å². The monoisotopic (exact) mass is 333 g/mol. The minimum Gasteiger partial charge on any atom is -0.318 e. The van der Waals surface area contributed by atoms with Gasteiger partial charge in [0.05, 0.1) is 9.95 Å². The van der Waals surface area contributed by atoms with E-state index in [1.165, 1.54) is 16.4 Å². The van der Waals surface area contributed by atoms with Gasteiger partial charge in [0, 0.05) is 25.2 Å². The van der Waals surface area contributed by atoms with Gasteiger partial charge in [-0.15, -0.1) is 0 Å². The molecule has 9 heteroatoms. The van der Waals surface area contributed by atoms with Gasteiger partial charge >= 0.3 is 0 Å². The summed E-state index contributed by atoms with van der Waals surface area (Å²) in [5.41, 5.74) is -0.488. The molecule has 1 N–H and O–H groups in total. The Hall–Kier alpha value is -1.22. The molecule has 1 aliphatic rings. The SMILES string of the molecule is CNCC1CCCN1S(=O)(=O)c1c(Cl)cccc1[N+](=O)[O-]. The Morgan fingerprint density at radius 1 is 1.52 bits per heavy atom. The number of hydrogen-bond donors (Lipinski definition) is 1. The highest BCUT2D eigenvalue weighted by atomic mass is 35.5. The maximum atomic E-state index is 12.8. The van der Waals surface area contributed by atoms with Crippen LogP contribution in [0.1, 0.15) is 12.8 Å². The van der Waals surface area contributed by atoms with Crippen molar-refractivity contribution in [1.29, 1.82) is 0 Å². The number of rotatable bonds is 5. The van der Waals surface area contributed by atoms with Gasteiger partial charge in [0.25, 0.3) is 15.7 Å². The highest BCUT2D eigenvalue weighted by Crippen LogP contribution is 2.35. The van der Waals surface area contributed by atoms with Crippen molar-refractivity contribution in [3.8, 4) is 0 Å². The average Bonchev–Trinajstić information content (AvgIpc) is 2.87. The third-order valence-electron chi connectivity index (χ3n) is 3.47. The molecule has 1 aromatic carbocycles. The molecule has 1 saturated heterocycles. The van der Waals surface area contributed by atoms with Crippen molar-refractivity contribution in [3.05, 3.63) is 33.3 Å². The molecule has 0 aliphatic carbocycles. The van der Waals surface area contributed by atoms with Gasteiger partial charge in [-0.05, 0) is 26.0 Å². The molecule has 1 unspecified atom stereocenters. The highest BCUT2D eigenvalue weighted by molar-refractivity contribution is 7.89. The summed E-state index contributed by atoms with van der Waals surface area (Å²) in [4.78, 5) is 9.96. The van der Waals surface area contributed by atoms with Gasteiger partial charge in [-0.3, -0.25) is 10.1 Å². The van der Waals surface area contributed by atoms with Crippen molar-refractivity contribution < 1.29 is 13.3 Å². The number of benzene rings is 1. The Kier molecular flexibility index (Phi) is 4.82. The first-order chi connectivity index (χ1) is 9.89. The number of sulfonamides is 1. The minimum absolute atomic E-state index is 0.126. The predicted molar refractivity (Wildman–Crippen MR) is 78.9 cm³/mol. The number of nitro benzene ring substituents is 1. The molecule has 0 saturated carbocycles. The van der Waals surface area contributed by atoms with Crippen LogP contribution in [0, 0.1) is 10.1 Å². The molecule has 7 nitrogen and oxygen atoms in total. The average molecular weight is 334 g/mol. The lowest BCUT2D eigenvalue weighted by molar-refractivity contribution is -0.387. The Morgan fingerprint density at radius 2 is 2.24 bits per heavy atom. The number of halogens is 1. The van der Waals surface area contributed by atoms with E-state index in [2.05, 4.69) is 5.32 Å². The Labute approximate surface area is 128 Å². The lowest BCUT2D eigenvalue weighted by Crippen LogP contribution is -2.41. The summed E-state index contributed by atoms with van der Waals surface area (Å²) < 4.78 is 26.9. The third kappa shape index (κ3) is 3.03. The minimum atomic E-state index is -4.00. The van der Waals surface area contributed by atoms with Crippen LogP contribution < -0.4 is 5.32 Å². The van der Waals surface area contributed by atoms with Crippen LogP contribution in [0.2, 0.25) is 5.02 Å². The number of nitrogens with zero attached hydrogens (tertiary/aromatic N) is 2. The number of nitrogens with one attached hydrogen (secondary N) is 1. The van der Waals surface area contributed by atoms with Crippen molar-refractivity contribution in [2.45, 2.75) is 23.8 Å². The third-order valence-corrected chi connectivity index (χ3v) is 5.94. The van der Waals surface area contributed by atoms with Crippen LogP contribution in [0.25, 0.3) is 0 Å². The molecule has 0 aromatic heterocycles. The molecule has 2 rings (SSSR count). The molecular formula is C12H16ClN3O4S. The van der Waals surface area contributed by atoms with Crippen molar-refractivity contribution in [1.82, 2.24) is 9.62 Å². The number of likely N-dealkylation sites (N-methyl/N-ethyl adjacent to an activating group) is 1. The van der Waals surface area contributed by atoms with Crippen LogP contribution in [0.5, 0.6) is 0 Å². The summed E-state index contributed by atoms with van der Waals surface area (Å²) >= 11 is 5.94. The maximum Gasteiger partial charge on any atom is 0.290 e. The Balaban J connectivity index is 2.52. The van der Waals surface area contributed by atoms with E-state index in [0.29, 0.717) is 13.1 Å². The summed E-state index contributed by atoms with van der Waals surface area (Å²) in [6, 6.07) is 3.66. The van der Waals surface area contributed by atoms with Gasteiger partial charge in [0.2, 0.25) is 0 Å². The number of hydrogen-bond acceptors (Lipinski definition) is 5. The first-order valence-corrected chi connectivity index (χ1v) is 8.30. The van der Waals surface area contributed by atoms with Crippen LogP contribution in [0.15, 0.2) is 23.1 Å². The van der Waals surface area contributed by atoms with Crippen molar-refractivity contribution in [3.63, 3.8) is 0 Å². The topological polar surface area (TPSA) is 92.6 Å². The quantitative estimate of drug-likeness (QED) is 0.653. The van der Waals surface area contributed by atoms with Gasteiger partial charge in [0.1, 0.15) is 0 Å². The molecule has 1 heterocycles. The zero-order chi connectivity index (χ0) is 15.6. The fourth-order valence-corrected chi connectivity index (χ4v) is 4.94. The standard InChI is InChI=1S/C12H16ClN3O4S/c1-14-8-9-4-3-7-15(9)21(19,20)12-10(13)5-2-6-11(12)16(17)18/h2,5-6,9,14H,3-4,7-8H2,1H3. The van der Waals surface area contributed by atoms with Gasteiger partial charge in [-0.1, -0.05) is 17.7 Å². The van der Waals surface area contributed by atoms with Crippen molar-refractivity contribution >= 4 is 27.3 Å². The largest absolute Gasteiger partial charge is 0.318 e. The summed E-state index contributed by atoms with van der Waals surface area (Å²) in [6.07, 6.45) is 1.45. The molecule has 0 radical (unpaired) electrons. The lowest BCUT2D eigenvalue weighted by Gasteiger charge is -2.24. The Bertz CT molecular complexity index is 650. The second-order valence-corrected chi connectivity index (χ2v) is 7.05. The molecular weight excluding hydrogens is 318 g/mol. The van der Waals surface area contributed by atoms with E-state index in [1.54, 1.807) is 7.05 Å². The van der Waals surface area contributed by atoms with Crippen molar-refractivity contribution in [2.75, 3.05) is 20.1 Å². The van der Waals surface area contributed by atoms with E-state index >= 15 is 0 Å². The van der Waals surface area contributed by atoms with E-state index < -0.39 is 25.5 Å². The first kappa shape index (κ1) is 16.2. The zero-order valence-corrected chi connectivity index (χ0v) is 13.0. The summed E-state index contributed by atoms with van der Waals surface area (Å²) in [5.74, 6) is 0. The van der Waals surface area contributed by atoms with Crippen molar-refractivity contribution in [2.24, 2.45) is 0 Å². The smallest absolute Gasteiger partial charge is 0.290 e. The molecule has 21 heavy (non-hydrogen) atoms. The first-order valence-electron chi connectivity index (χ1n) is 6.49. The normalized spacial score (nSPS) is 19.8. The van der Waals surface area contributed by atoms with Gasteiger partial charge in [-0.25, -0.2) is 8.42 Å². The van der Waals surface area contributed by atoms with Crippen LogP contribution in [0.3, 0.4) is 0 Å². The van der Waals surface area contributed by atoms with E-state index in [1.807, 2.05) is 0 Å². The second kappa shape index (κ2) is 6.27. The van der Waals surface area contributed by atoms with Crippen LogP contribution in [-0.2, 0) is 10.0 Å². The van der Waals surface area contributed by atoms with Gasteiger partial charge in [-0.2, -0.15) is 4.31 Å². The van der Waals surface area contributed by atoms with Gasteiger partial charge < -0.3 is 5.32 Å². The molecule has 1 aromatic rings. The zero-order valence-electron chi connectivity index (χ0n) is 11.5. The van der Waals surface area contributed by atoms with E-state index in [-0.39, 0.29) is 11.1 Å². The molecule has 1 atom stereocenters. The maximum absolute atomic E-state index is 12.8. The molecule has 0 amide bonds. The summed E-state index contributed by atoms with van der Waals surface area (Å²) in [6.45, 7) is 0.842. The van der Waals surface area contributed by atoms with E-state index in [4.69, 9.17) is 11.6 Å². The fraction of sp³-hybridized carbons (Fsp3) is 0.500. The van der Waals surface area contributed by atoms with Crippen LogP contribution in [-0.4, -0.2) is 43.8 Å². The molecule has 0 bridgehead atoms. The highest BCUT2D eigenvalue weighted by Gasteiger charge is 2.39. The lowest BCUT2D eigenvalue weighted by atomic mass is 10.2. The molecule has 1 fully saturated rings. The molecule has 116 valence electrons. The second-order valence-electron chi connectivity index (χ2n) is 4.81. The predicted octanol–water partition coefficient (Wildman–Crippen LogP) is 1.62. The van der Waals surface area contributed by atoms with E-state index in [0.717, 1.165) is 18.9 Å². The summed E-state index contributed by atoms with van der Waals surface area (Å²) in [5, 5.41) is 13.9. The fourth-order valence-electron chi connectivity index (χ4n) is 2.58. The molecule has 1 aliphatic heterocycles. The summed E-state index contributed by atoms with van der Waals surface area (Å²) in [7, 11) is -2.26.